The molecule has 7 heteroatoms. The smallest absolute Gasteiger partial charge is 0.323 e. The van der Waals surface area contributed by atoms with E-state index in [1.807, 2.05) is 0 Å². The summed E-state index contributed by atoms with van der Waals surface area (Å²) in [6.45, 7) is 6.08. The molecule has 0 aliphatic carbocycles. The number of nitrogens with one attached hydrogen (secondary N) is 1. The number of carbonyl (C=O) groups excluding carboxylic acids is 1. The van der Waals surface area contributed by atoms with Crippen LogP contribution in [0.3, 0.4) is 0 Å². The standard InChI is InChI=1S/C13H27N3O4/c1-13(2,3)20-12(19)9(15)6-8-16-10(11(17)18)5-4-7-14/h9-10,16H,4-8,14-15H2,1-3H3,(H,17,18)/t9?,10-/m0/s1. The van der Waals surface area contributed by atoms with Gasteiger partial charge in [0.15, 0.2) is 0 Å². The van der Waals surface area contributed by atoms with E-state index in [1.165, 1.54) is 0 Å². The Balaban J connectivity index is 4.07. The molecule has 0 spiro atoms. The van der Waals surface area contributed by atoms with Crippen molar-refractivity contribution < 1.29 is 19.4 Å². The van der Waals surface area contributed by atoms with Gasteiger partial charge >= 0.3 is 11.9 Å². The predicted octanol–water partition coefficient (Wildman–Crippen LogP) is -0.173. The Morgan fingerprint density at radius 2 is 1.90 bits per heavy atom. The van der Waals surface area contributed by atoms with Crippen LogP contribution >= 0.6 is 0 Å². The Bertz CT molecular complexity index is 315. The van der Waals surface area contributed by atoms with Crippen LogP contribution < -0.4 is 16.8 Å². The van der Waals surface area contributed by atoms with Crippen molar-refractivity contribution in [3.63, 3.8) is 0 Å². The Kier molecular flexibility index (Phi) is 8.36. The zero-order chi connectivity index (χ0) is 15.8. The summed E-state index contributed by atoms with van der Waals surface area (Å²) < 4.78 is 5.14. The van der Waals surface area contributed by atoms with Crippen molar-refractivity contribution in [2.45, 2.75) is 57.7 Å². The van der Waals surface area contributed by atoms with Gasteiger partial charge in [-0.2, -0.15) is 0 Å². The summed E-state index contributed by atoms with van der Waals surface area (Å²) in [5, 5.41) is 11.9. The van der Waals surface area contributed by atoms with Crippen LogP contribution in [0.1, 0.15) is 40.0 Å². The monoisotopic (exact) mass is 289 g/mol. The molecule has 118 valence electrons. The average molecular weight is 289 g/mol. The number of carboxylic acid groups (broad SMARTS) is 1. The van der Waals surface area contributed by atoms with Crippen molar-refractivity contribution in [1.82, 2.24) is 5.32 Å². The first kappa shape index (κ1) is 18.8. The minimum atomic E-state index is -0.927. The molecule has 6 N–H and O–H groups in total. The first-order valence-corrected chi connectivity index (χ1v) is 6.82. The second-order valence-corrected chi connectivity index (χ2v) is 5.70. The van der Waals surface area contributed by atoms with Crippen LogP contribution in [0.2, 0.25) is 0 Å². The van der Waals surface area contributed by atoms with Gasteiger partial charge < -0.3 is 26.6 Å². The molecule has 0 bridgehead atoms. The molecule has 2 atom stereocenters. The van der Waals surface area contributed by atoms with Crippen molar-refractivity contribution in [2.75, 3.05) is 13.1 Å². The fourth-order valence-electron chi connectivity index (χ4n) is 1.54. The molecule has 0 aromatic rings. The summed E-state index contributed by atoms with van der Waals surface area (Å²) in [6, 6.07) is -1.42. The lowest BCUT2D eigenvalue weighted by Gasteiger charge is -2.22. The zero-order valence-electron chi connectivity index (χ0n) is 12.5. The van der Waals surface area contributed by atoms with Gasteiger partial charge in [-0.15, -0.1) is 0 Å². The van der Waals surface area contributed by atoms with Crippen molar-refractivity contribution in [2.24, 2.45) is 11.5 Å². The van der Waals surface area contributed by atoms with Crippen LogP contribution in [0, 0.1) is 0 Å². The van der Waals surface area contributed by atoms with E-state index in [-0.39, 0.29) is 0 Å². The Morgan fingerprint density at radius 1 is 1.30 bits per heavy atom. The van der Waals surface area contributed by atoms with E-state index in [4.69, 9.17) is 21.3 Å². The maximum Gasteiger partial charge on any atom is 0.323 e. The second kappa shape index (κ2) is 8.89. The molecule has 0 aliphatic heterocycles. The minimum Gasteiger partial charge on any atom is -0.480 e. The first-order valence-electron chi connectivity index (χ1n) is 6.82. The number of carbonyl (C=O) groups is 2. The summed E-state index contributed by atoms with van der Waals surface area (Å²) in [5.41, 5.74) is 10.5. The van der Waals surface area contributed by atoms with E-state index >= 15 is 0 Å². The SMILES string of the molecule is CC(C)(C)OC(=O)C(N)CCN[C@@H](CCCN)C(=O)O. The largest absolute Gasteiger partial charge is 0.480 e. The number of rotatable bonds is 9. The van der Waals surface area contributed by atoms with Gasteiger partial charge in [-0.1, -0.05) is 0 Å². The molecule has 0 saturated carbocycles. The Hall–Kier alpha value is -1.18. The van der Waals surface area contributed by atoms with Crippen molar-refractivity contribution in [3.05, 3.63) is 0 Å². The van der Waals surface area contributed by atoms with Crippen LogP contribution in [0.15, 0.2) is 0 Å². The normalized spacial score (nSPS) is 14.7. The van der Waals surface area contributed by atoms with Crippen molar-refractivity contribution in [3.8, 4) is 0 Å². The lowest BCUT2D eigenvalue weighted by atomic mass is 10.1. The van der Waals surface area contributed by atoms with Crippen LogP contribution in [-0.2, 0) is 14.3 Å². The average Bonchev–Trinajstić information content (AvgIpc) is 2.30. The Morgan fingerprint density at radius 3 is 2.35 bits per heavy atom. The molecule has 0 saturated heterocycles. The first-order chi connectivity index (χ1) is 9.17. The van der Waals surface area contributed by atoms with Gasteiger partial charge in [0.05, 0.1) is 0 Å². The zero-order valence-corrected chi connectivity index (χ0v) is 12.5. The highest BCUT2D eigenvalue weighted by atomic mass is 16.6. The second-order valence-electron chi connectivity index (χ2n) is 5.70. The number of ether oxygens (including phenoxy) is 1. The van der Waals surface area contributed by atoms with Gasteiger partial charge in [-0.05, 0) is 53.1 Å². The summed E-state index contributed by atoms with van der Waals surface area (Å²) in [4.78, 5) is 22.6. The molecule has 0 amide bonds. The number of aliphatic carboxylic acids is 1. The third kappa shape index (κ3) is 8.84. The van der Waals surface area contributed by atoms with Gasteiger partial charge in [0, 0.05) is 0 Å². The summed E-state index contributed by atoms with van der Waals surface area (Å²) >= 11 is 0. The molecule has 7 nitrogen and oxygen atoms in total. The van der Waals surface area contributed by atoms with Gasteiger partial charge in [0.2, 0.25) is 0 Å². The minimum absolute atomic E-state index is 0.321. The van der Waals surface area contributed by atoms with Gasteiger partial charge in [0.25, 0.3) is 0 Å². The molecule has 0 aromatic heterocycles. The molecule has 0 radical (unpaired) electrons. The maximum absolute atomic E-state index is 11.6. The van der Waals surface area contributed by atoms with E-state index in [0.717, 1.165) is 0 Å². The highest BCUT2D eigenvalue weighted by Gasteiger charge is 2.22. The predicted molar refractivity (Wildman–Crippen MR) is 76.2 cm³/mol. The summed E-state index contributed by atoms with van der Waals surface area (Å²) in [5.74, 6) is -1.41. The van der Waals surface area contributed by atoms with Gasteiger partial charge in [-0.25, -0.2) is 0 Å². The van der Waals surface area contributed by atoms with E-state index in [2.05, 4.69) is 5.32 Å². The van der Waals surface area contributed by atoms with Crippen LogP contribution in [-0.4, -0.2) is 47.8 Å². The fraction of sp³-hybridized carbons (Fsp3) is 0.846. The fourth-order valence-corrected chi connectivity index (χ4v) is 1.54. The van der Waals surface area contributed by atoms with Crippen LogP contribution in [0.25, 0.3) is 0 Å². The number of esters is 1. The maximum atomic E-state index is 11.6. The third-order valence-corrected chi connectivity index (χ3v) is 2.55. The van der Waals surface area contributed by atoms with Crippen molar-refractivity contribution >= 4 is 11.9 Å². The molecular weight excluding hydrogens is 262 g/mol. The highest BCUT2D eigenvalue weighted by Crippen LogP contribution is 2.08. The van der Waals surface area contributed by atoms with Gasteiger partial charge in [0.1, 0.15) is 17.7 Å². The molecule has 20 heavy (non-hydrogen) atoms. The lowest BCUT2D eigenvalue weighted by Crippen LogP contribution is -2.42. The lowest BCUT2D eigenvalue weighted by molar-refractivity contribution is -0.156. The molecule has 0 rings (SSSR count). The van der Waals surface area contributed by atoms with E-state index < -0.39 is 29.6 Å². The number of hydrogen-bond donors (Lipinski definition) is 4. The number of nitrogens with two attached hydrogens (primary N) is 2. The molecule has 0 fully saturated rings. The molecule has 1 unspecified atom stereocenters. The van der Waals surface area contributed by atoms with E-state index in [0.29, 0.717) is 32.4 Å². The summed E-state index contributed by atoms with van der Waals surface area (Å²) in [6.07, 6.45) is 1.40. The molecular formula is C13H27N3O4. The number of carboxylic acids is 1. The summed E-state index contributed by atoms with van der Waals surface area (Å²) in [7, 11) is 0. The quantitative estimate of drug-likeness (QED) is 0.434. The van der Waals surface area contributed by atoms with E-state index in [1.54, 1.807) is 20.8 Å². The topological polar surface area (TPSA) is 128 Å². The molecule has 0 aliphatic rings. The highest BCUT2D eigenvalue weighted by molar-refractivity contribution is 5.76. The van der Waals surface area contributed by atoms with Gasteiger partial charge in [-0.3, -0.25) is 9.59 Å². The van der Waals surface area contributed by atoms with E-state index in [9.17, 15) is 9.59 Å². The Labute approximate surface area is 120 Å². The molecule has 0 heterocycles. The molecule has 0 aromatic carbocycles. The van der Waals surface area contributed by atoms with Crippen LogP contribution in [0.4, 0.5) is 0 Å². The van der Waals surface area contributed by atoms with Crippen LogP contribution in [0.5, 0.6) is 0 Å². The third-order valence-electron chi connectivity index (χ3n) is 2.55. The number of hydrogen-bond acceptors (Lipinski definition) is 6. The van der Waals surface area contributed by atoms with Crippen molar-refractivity contribution in [1.29, 1.82) is 0 Å².